The molecule has 0 radical (unpaired) electrons. The van der Waals surface area contributed by atoms with Gasteiger partial charge in [-0.3, -0.25) is 4.79 Å². The molecule has 2 N–H and O–H groups in total. The van der Waals surface area contributed by atoms with Gasteiger partial charge in [-0.15, -0.1) is 0 Å². The number of aromatic nitrogens is 3. The minimum atomic E-state index is -0.112. The molecule has 5 heteroatoms. The van der Waals surface area contributed by atoms with E-state index in [0.29, 0.717) is 17.3 Å². The number of aryl methyl sites for hydroxylation is 1. The molecule has 3 rings (SSSR count). The van der Waals surface area contributed by atoms with Crippen LogP contribution in [0.15, 0.2) is 53.5 Å². The lowest BCUT2D eigenvalue weighted by atomic mass is 9.96. The van der Waals surface area contributed by atoms with E-state index in [-0.39, 0.29) is 11.6 Å². The largest absolute Gasteiger partial charge is 0.363 e. The molecule has 0 aliphatic heterocycles. The molecule has 0 aliphatic rings. The SMILES string of the molecule is Cc1nc(-c2ccc(NC(c3ccccc3)C(C)C)nc2)[nH]c(=O)c1C. The van der Waals surface area contributed by atoms with Crippen LogP contribution < -0.4 is 10.9 Å². The van der Waals surface area contributed by atoms with Gasteiger partial charge in [0.25, 0.3) is 5.56 Å². The average molecular weight is 348 g/mol. The molecule has 0 saturated carbocycles. The molecule has 3 aromatic rings. The summed E-state index contributed by atoms with van der Waals surface area (Å²) in [5.41, 5.74) is 3.28. The van der Waals surface area contributed by atoms with Gasteiger partial charge in [0.05, 0.1) is 6.04 Å². The molecule has 1 atom stereocenters. The van der Waals surface area contributed by atoms with E-state index in [1.807, 2.05) is 37.3 Å². The quantitative estimate of drug-likeness (QED) is 0.723. The molecule has 2 aromatic heterocycles. The molecule has 0 amide bonds. The zero-order valence-electron chi connectivity index (χ0n) is 15.6. The Morgan fingerprint density at radius 1 is 1.04 bits per heavy atom. The highest BCUT2D eigenvalue weighted by molar-refractivity contribution is 5.56. The van der Waals surface area contributed by atoms with Gasteiger partial charge in [0.15, 0.2) is 0 Å². The topological polar surface area (TPSA) is 70.7 Å². The van der Waals surface area contributed by atoms with E-state index in [2.05, 4.69) is 46.2 Å². The lowest BCUT2D eigenvalue weighted by Crippen LogP contribution is -2.17. The van der Waals surface area contributed by atoms with Crippen molar-refractivity contribution in [2.45, 2.75) is 33.7 Å². The van der Waals surface area contributed by atoms with Crippen LogP contribution >= 0.6 is 0 Å². The van der Waals surface area contributed by atoms with Crippen LogP contribution in [0.5, 0.6) is 0 Å². The Hall–Kier alpha value is -2.95. The van der Waals surface area contributed by atoms with Crippen molar-refractivity contribution < 1.29 is 0 Å². The molecule has 26 heavy (non-hydrogen) atoms. The van der Waals surface area contributed by atoms with Gasteiger partial charge in [-0.1, -0.05) is 44.2 Å². The van der Waals surface area contributed by atoms with Crippen molar-refractivity contribution in [2.75, 3.05) is 5.32 Å². The summed E-state index contributed by atoms with van der Waals surface area (Å²) < 4.78 is 0. The minimum Gasteiger partial charge on any atom is -0.363 e. The molecule has 134 valence electrons. The van der Waals surface area contributed by atoms with E-state index in [1.54, 1.807) is 13.1 Å². The summed E-state index contributed by atoms with van der Waals surface area (Å²) in [6.45, 7) is 7.97. The fourth-order valence-corrected chi connectivity index (χ4v) is 2.86. The smallest absolute Gasteiger partial charge is 0.254 e. The second-order valence-corrected chi connectivity index (χ2v) is 6.83. The average Bonchev–Trinajstić information content (AvgIpc) is 2.64. The molecule has 1 aromatic carbocycles. The van der Waals surface area contributed by atoms with Crippen LogP contribution in [0.4, 0.5) is 5.82 Å². The lowest BCUT2D eigenvalue weighted by Gasteiger charge is -2.23. The van der Waals surface area contributed by atoms with Crippen molar-refractivity contribution in [3.05, 3.63) is 75.8 Å². The summed E-state index contributed by atoms with van der Waals surface area (Å²) in [6.07, 6.45) is 1.73. The van der Waals surface area contributed by atoms with Crippen molar-refractivity contribution >= 4 is 5.82 Å². The van der Waals surface area contributed by atoms with E-state index in [0.717, 1.165) is 17.1 Å². The normalized spacial score (nSPS) is 12.2. The van der Waals surface area contributed by atoms with Gasteiger partial charge in [-0.05, 0) is 37.5 Å². The number of pyridine rings is 1. The van der Waals surface area contributed by atoms with E-state index in [9.17, 15) is 4.79 Å². The molecule has 5 nitrogen and oxygen atoms in total. The van der Waals surface area contributed by atoms with Crippen LogP contribution in [0.25, 0.3) is 11.4 Å². The van der Waals surface area contributed by atoms with Crippen LogP contribution in [0.2, 0.25) is 0 Å². The first-order valence-electron chi connectivity index (χ1n) is 8.81. The maximum Gasteiger partial charge on any atom is 0.254 e. The van der Waals surface area contributed by atoms with Crippen molar-refractivity contribution in [1.82, 2.24) is 15.0 Å². The van der Waals surface area contributed by atoms with E-state index in [1.165, 1.54) is 5.56 Å². The predicted octanol–water partition coefficient (Wildman–Crippen LogP) is 4.26. The summed E-state index contributed by atoms with van der Waals surface area (Å²) >= 11 is 0. The van der Waals surface area contributed by atoms with Gasteiger partial charge < -0.3 is 10.3 Å². The summed E-state index contributed by atoms with van der Waals surface area (Å²) in [7, 11) is 0. The monoisotopic (exact) mass is 348 g/mol. The zero-order valence-corrected chi connectivity index (χ0v) is 15.6. The standard InChI is InChI=1S/C21H24N4O/c1-13(2)19(16-8-6-5-7-9-16)24-18-11-10-17(12-22-18)20-23-15(4)14(3)21(26)25-20/h5-13,19H,1-4H3,(H,22,24)(H,23,25,26). The van der Waals surface area contributed by atoms with E-state index in [4.69, 9.17) is 0 Å². The number of hydrogen-bond acceptors (Lipinski definition) is 4. The second-order valence-electron chi connectivity index (χ2n) is 6.83. The van der Waals surface area contributed by atoms with Crippen LogP contribution in [0.3, 0.4) is 0 Å². The number of hydrogen-bond donors (Lipinski definition) is 2. The van der Waals surface area contributed by atoms with E-state index < -0.39 is 0 Å². The molecule has 0 saturated heterocycles. The highest BCUT2D eigenvalue weighted by atomic mass is 16.1. The van der Waals surface area contributed by atoms with Gasteiger partial charge in [0.2, 0.25) is 0 Å². The molecule has 0 fully saturated rings. The summed E-state index contributed by atoms with van der Waals surface area (Å²) in [5, 5.41) is 3.50. The van der Waals surface area contributed by atoms with Gasteiger partial charge in [-0.2, -0.15) is 0 Å². The summed E-state index contributed by atoms with van der Waals surface area (Å²) in [6, 6.07) is 14.4. The van der Waals surface area contributed by atoms with Crippen LogP contribution in [-0.4, -0.2) is 15.0 Å². The fraction of sp³-hybridized carbons (Fsp3) is 0.286. The Morgan fingerprint density at radius 2 is 1.77 bits per heavy atom. The Morgan fingerprint density at radius 3 is 2.35 bits per heavy atom. The zero-order chi connectivity index (χ0) is 18.7. The van der Waals surface area contributed by atoms with Crippen molar-refractivity contribution in [3.63, 3.8) is 0 Å². The van der Waals surface area contributed by atoms with Gasteiger partial charge in [-0.25, -0.2) is 9.97 Å². The van der Waals surface area contributed by atoms with Crippen molar-refractivity contribution in [3.8, 4) is 11.4 Å². The third-order valence-corrected chi connectivity index (χ3v) is 4.56. The van der Waals surface area contributed by atoms with E-state index >= 15 is 0 Å². The highest BCUT2D eigenvalue weighted by Gasteiger charge is 2.16. The predicted molar refractivity (Wildman–Crippen MR) is 105 cm³/mol. The molecular weight excluding hydrogens is 324 g/mol. The molecule has 1 unspecified atom stereocenters. The number of nitrogens with one attached hydrogen (secondary N) is 2. The molecule has 2 heterocycles. The molecule has 0 bridgehead atoms. The number of benzene rings is 1. The summed E-state index contributed by atoms with van der Waals surface area (Å²) in [4.78, 5) is 23.7. The Labute approximate surface area is 153 Å². The molecule has 0 spiro atoms. The second kappa shape index (κ2) is 7.52. The van der Waals surface area contributed by atoms with Crippen LogP contribution in [-0.2, 0) is 0 Å². The first-order valence-corrected chi connectivity index (χ1v) is 8.81. The van der Waals surface area contributed by atoms with Gasteiger partial charge >= 0.3 is 0 Å². The number of nitrogens with zero attached hydrogens (tertiary/aromatic N) is 2. The third-order valence-electron chi connectivity index (χ3n) is 4.56. The highest BCUT2D eigenvalue weighted by Crippen LogP contribution is 2.26. The molecular formula is C21H24N4O. The van der Waals surface area contributed by atoms with Gasteiger partial charge in [0.1, 0.15) is 11.6 Å². The summed E-state index contributed by atoms with van der Waals surface area (Å²) in [5.74, 6) is 1.75. The van der Waals surface area contributed by atoms with Gasteiger partial charge in [0, 0.05) is 23.0 Å². The third kappa shape index (κ3) is 3.82. The number of anilines is 1. The number of H-pyrrole nitrogens is 1. The van der Waals surface area contributed by atoms with Crippen molar-refractivity contribution in [2.24, 2.45) is 5.92 Å². The Kier molecular flexibility index (Phi) is 5.16. The van der Waals surface area contributed by atoms with Crippen molar-refractivity contribution in [1.29, 1.82) is 0 Å². The molecule has 0 aliphatic carbocycles. The lowest BCUT2D eigenvalue weighted by molar-refractivity contribution is 0.545. The maximum absolute atomic E-state index is 11.9. The van der Waals surface area contributed by atoms with Crippen LogP contribution in [0.1, 0.15) is 36.7 Å². The Balaban J connectivity index is 1.84. The Bertz CT molecular complexity index is 930. The number of aromatic amines is 1. The maximum atomic E-state index is 11.9. The first-order chi connectivity index (χ1) is 12.5. The number of rotatable bonds is 5. The fourth-order valence-electron chi connectivity index (χ4n) is 2.86. The minimum absolute atomic E-state index is 0.112. The first kappa shape index (κ1) is 17.9. The van der Waals surface area contributed by atoms with Crippen LogP contribution in [0, 0.1) is 19.8 Å².